The third-order valence-electron chi connectivity index (χ3n) is 4.45. The highest BCUT2D eigenvalue weighted by molar-refractivity contribution is 14.0. The Balaban J connectivity index is 0.00000364. The Hall–Kier alpha value is -1.40. The molecule has 1 aromatic carbocycles. The number of nitriles is 1. The van der Waals surface area contributed by atoms with Gasteiger partial charge < -0.3 is 15.4 Å². The summed E-state index contributed by atoms with van der Waals surface area (Å²) >= 11 is 0. The summed E-state index contributed by atoms with van der Waals surface area (Å²) in [7, 11) is 0. The molecule has 0 aliphatic heterocycles. The molecule has 0 aromatic heterocycles. The fourth-order valence-electron chi connectivity index (χ4n) is 3.03. The molecule has 0 radical (unpaired) electrons. The molecule has 0 amide bonds. The fraction of sp³-hybridized carbons (Fsp3) is 0.600. The molecule has 1 aliphatic rings. The van der Waals surface area contributed by atoms with Gasteiger partial charge in [-0.2, -0.15) is 5.26 Å². The fourth-order valence-corrected chi connectivity index (χ4v) is 3.03. The van der Waals surface area contributed by atoms with Gasteiger partial charge in [0.15, 0.2) is 5.96 Å². The summed E-state index contributed by atoms with van der Waals surface area (Å²) in [4.78, 5) is 4.41. The van der Waals surface area contributed by atoms with E-state index in [1.54, 1.807) is 6.07 Å². The van der Waals surface area contributed by atoms with E-state index in [1.165, 1.54) is 44.2 Å². The largest absolute Gasteiger partial charge is 0.378 e. The molecule has 2 N–H and O–H groups in total. The van der Waals surface area contributed by atoms with Crippen LogP contribution in [0.25, 0.3) is 0 Å². The van der Waals surface area contributed by atoms with E-state index in [-0.39, 0.29) is 36.3 Å². The molecule has 150 valence electrons. The minimum Gasteiger partial charge on any atom is -0.378 e. The second-order valence-corrected chi connectivity index (χ2v) is 6.52. The van der Waals surface area contributed by atoms with Crippen molar-refractivity contribution in [2.24, 2.45) is 4.99 Å². The van der Waals surface area contributed by atoms with Crippen LogP contribution in [0.1, 0.15) is 56.6 Å². The lowest BCUT2D eigenvalue weighted by Crippen LogP contribution is -2.38. The minimum atomic E-state index is -0.343. The van der Waals surface area contributed by atoms with Gasteiger partial charge in [-0.3, -0.25) is 0 Å². The maximum atomic E-state index is 13.8. The van der Waals surface area contributed by atoms with E-state index < -0.39 is 0 Å². The number of hydrogen-bond donors (Lipinski definition) is 2. The van der Waals surface area contributed by atoms with E-state index in [1.807, 2.05) is 13.0 Å². The zero-order valence-electron chi connectivity index (χ0n) is 16.0. The number of benzene rings is 1. The number of ether oxygens (including phenoxy) is 1. The van der Waals surface area contributed by atoms with E-state index in [0.717, 1.165) is 26.1 Å². The topological polar surface area (TPSA) is 69.4 Å². The predicted molar refractivity (Wildman–Crippen MR) is 117 cm³/mol. The van der Waals surface area contributed by atoms with Gasteiger partial charge >= 0.3 is 0 Å². The Morgan fingerprint density at radius 3 is 2.78 bits per heavy atom. The molecule has 1 aromatic rings. The Morgan fingerprint density at radius 1 is 1.30 bits per heavy atom. The number of halogens is 2. The zero-order chi connectivity index (χ0) is 18.6. The van der Waals surface area contributed by atoms with Crippen LogP contribution < -0.4 is 10.6 Å². The van der Waals surface area contributed by atoms with Crippen LogP contribution in [0.4, 0.5) is 4.39 Å². The maximum absolute atomic E-state index is 13.8. The third kappa shape index (κ3) is 8.89. The van der Waals surface area contributed by atoms with Crippen molar-refractivity contribution in [2.45, 2.75) is 58.1 Å². The van der Waals surface area contributed by atoms with Crippen LogP contribution in [-0.4, -0.2) is 31.8 Å². The standard InChI is InChI=1S/C20H29FN4O.HI/c1-2-23-20(24-11-6-12-26-18-7-4-3-5-8-18)25-15-17-13-16(14-22)9-10-19(17)21;/h9-10,13,18H,2-8,11-12,15H2,1H3,(H2,23,24,25);1H. The van der Waals surface area contributed by atoms with Crippen LogP contribution in [0.15, 0.2) is 23.2 Å². The van der Waals surface area contributed by atoms with Gasteiger partial charge in [0.1, 0.15) is 5.82 Å². The second-order valence-electron chi connectivity index (χ2n) is 6.52. The summed E-state index contributed by atoms with van der Waals surface area (Å²) in [5.41, 5.74) is 0.858. The maximum Gasteiger partial charge on any atom is 0.191 e. The van der Waals surface area contributed by atoms with Gasteiger partial charge in [0, 0.05) is 25.3 Å². The summed E-state index contributed by atoms with van der Waals surface area (Å²) in [5, 5.41) is 15.3. The minimum absolute atomic E-state index is 0. The van der Waals surface area contributed by atoms with E-state index in [0.29, 0.717) is 23.2 Å². The number of nitrogens with zero attached hydrogens (tertiary/aromatic N) is 2. The van der Waals surface area contributed by atoms with E-state index in [4.69, 9.17) is 10.00 Å². The van der Waals surface area contributed by atoms with Gasteiger partial charge in [-0.15, -0.1) is 24.0 Å². The molecular weight excluding hydrogens is 458 g/mol. The zero-order valence-corrected chi connectivity index (χ0v) is 18.3. The van der Waals surface area contributed by atoms with Crippen molar-refractivity contribution in [2.75, 3.05) is 19.7 Å². The normalized spacial score (nSPS) is 14.9. The number of guanidine groups is 1. The quantitative estimate of drug-likeness (QED) is 0.250. The second kappa shape index (κ2) is 13.7. The number of hydrogen-bond acceptors (Lipinski definition) is 3. The summed E-state index contributed by atoms with van der Waals surface area (Å²) in [6.07, 6.45) is 7.60. The van der Waals surface area contributed by atoms with Crippen molar-refractivity contribution in [3.8, 4) is 6.07 Å². The Bertz CT molecular complexity index is 627. The molecule has 5 nitrogen and oxygen atoms in total. The van der Waals surface area contributed by atoms with E-state index in [2.05, 4.69) is 15.6 Å². The van der Waals surface area contributed by atoms with Gasteiger partial charge in [-0.05, 0) is 44.4 Å². The molecule has 1 saturated carbocycles. The average molecular weight is 488 g/mol. The highest BCUT2D eigenvalue weighted by Gasteiger charge is 2.13. The average Bonchev–Trinajstić information content (AvgIpc) is 2.67. The lowest BCUT2D eigenvalue weighted by Gasteiger charge is -2.22. The number of nitrogens with one attached hydrogen (secondary N) is 2. The van der Waals surface area contributed by atoms with Crippen LogP contribution in [-0.2, 0) is 11.3 Å². The smallest absolute Gasteiger partial charge is 0.191 e. The van der Waals surface area contributed by atoms with Gasteiger partial charge in [0.2, 0.25) is 0 Å². The molecule has 1 aliphatic carbocycles. The molecule has 0 bridgehead atoms. The first-order valence-electron chi connectivity index (χ1n) is 9.55. The van der Waals surface area contributed by atoms with Crippen LogP contribution in [0, 0.1) is 17.1 Å². The predicted octanol–water partition coefficient (Wildman–Crippen LogP) is 4.11. The molecule has 0 saturated heterocycles. The molecule has 0 unspecified atom stereocenters. The van der Waals surface area contributed by atoms with E-state index in [9.17, 15) is 4.39 Å². The van der Waals surface area contributed by atoms with Crippen molar-refractivity contribution < 1.29 is 9.13 Å². The number of aliphatic imine (C=N–C) groups is 1. The van der Waals surface area contributed by atoms with Crippen LogP contribution >= 0.6 is 24.0 Å². The SMILES string of the molecule is CCNC(=NCc1cc(C#N)ccc1F)NCCCOC1CCCCC1.I. The Kier molecular flexibility index (Phi) is 12.0. The lowest BCUT2D eigenvalue weighted by atomic mass is 9.98. The van der Waals surface area contributed by atoms with Crippen LogP contribution in [0.5, 0.6) is 0 Å². The van der Waals surface area contributed by atoms with Crippen LogP contribution in [0.2, 0.25) is 0 Å². The highest BCUT2D eigenvalue weighted by Crippen LogP contribution is 2.20. The summed E-state index contributed by atoms with van der Waals surface area (Å²) in [6, 6.07) is 6.35. The monoisotopic (exact) mass is 488 g/mol. The first-order valence-corrected chi connectivity index (χ1v) is 9.55. The molecular formula is C20H30FIN4O. The number of rotatable bonds is 8. The van der Waals surface area contributed by atoms with Crippen molar-refractivity contribution in [3.05, 3.63) is 35.1 Å². The van der Waals surface area contributed by atoms with Gasteiger partial charge in [0.25, 0.3) is 0 Å². The molecule has 1 fully saturated rings. The summed E-state index contributed by atoms with van der Waals surface area (Å²) in [6.45, 7) is 4.40. The van der Waals surface area contributed by atoms with Gasteiger partial charge in [0.05, 0.1) is 24.3 Å². The van der Waals surface area contributed by atoms with E-state index >= 15 is 0 Å². The molecule has 0 atom stereocenters. The Labute approximate surface area is 178 Å². The third-order valence-corrected chi connectivity index (χ3v) is 4.45. The lowest BCUT2D eigenvalue weighted by molar-refractivity contribution is 0.0277. The highest BCUT2D eigenvalue weighted by atomic mass is 127. The molecule has 27 heavy (non-hydrogen) atoms. The first kappa shape index (κ1) is 23.6. The van der Waals surface area contributed by atoms with Crippen molar-refractivity contribution in [3.63, 3.8) is 0 Å². The molecule has 7 heteroatoms. The molecule has 2 rings (SSSR count). The summed E-state index contributed by atoms with van der Waals surface area (Å²) in [5.74, 6) is 0.302. The molecule has 0 spiro atoms. The van der Waals surface area contributed by atoms with Crippen LogP contribution in [0.3, 0.4) is 0 Å². The van der Waals surface area contributed by atoms with Crippen molar-refractivity contribution in [1.29, 1.82) is 5.26 Å². The Morgan fingerprint density at radius 2 is 2.07 bits per heavy atom. The van der Waals surface area contributed by atoms with Gasteiger partial charge in [-0.1, -0.05) is 19.3 Å². The van der Waals surface area contributed by atoms with Gasteiger partial charge in [-0.25, -0.2) is 9.38 Å². The van der Waals surface area contributed by atoms with Crippen molar-refractivity contribution >= 4 is 29.9 Å². The first-order chi connectivity index (χ1) is 12.7. The summed E-state index contributed by atoms with van der Waals surface area (Å²) < 4.78 is 19.8. The van der Waals surface area contributed by atoms with Crippen molar-refractivity contribution in [1.82, 2.24) is 10.6 Å². The molecule has 0 heterocycles.